The van der Waals surface area contributed by atoms with Gasteiger partial charge in [-0.15, -0.1) is 0 Å². The van der Waals surface area contributed by atoms with Crippen molar-refractivity contribution in [2.75, 3.05) is 6.61 Å². The third-order valence-electron chi connectivity index (χ3n) is 2.87. The molecular formula is C15H17ClN2O. The first-order valence-corrected chi connectivity index (χ1v) is 6.74. The average Bonchev–Trinajstić information content (AvgIpc) is 2.41. The summed E-state index contributed by atoms with van der Waals surface area (Å²) in [6.07, 6.45) is 0.959. The van der Waals surface area contributed by atoms with Crippen molar-refractivity contribution >= 4 is 11.6 Å². The quantitative estimate of drug-likeness (QED) is 0.839. The Hall–Kier alpha value is -1.61. The van der Waals surface area contributed by atoms with E-state index in [0.717, 1.165) is 29.1 Å². The third kappa shape index (κ3) is 3.04. The van der Waals surface area contributed by atoms with Gasteiger partial charge in [-0.3, -0.25) is 0 Å². The zero-order chi connectivity index (χ0) is 13.8. The Morgan fingerprint density at radius 1 is 1.11 bits per heavy atom. The lowest BCUT2D eigenvalue weighted by Crippen LogP contribution is -2.00. The minimum absolute atomic E-state index is 0.413. The average molecular weight is 277 g/mol. The predicted octanol–water partition coefficient (Wildman–Crippen LogP) is 4.20. The molecule has 0 amide bonds. The first kappa shape index (κ1) is 13.8. The van der Waals surface area contributed by atoms with E-state index in [4.69, 9.17) is 16.3 Å². The van der Waals surface area contributed by atoms with E-state index in [-0.39, 0.29) is 0 Å². The van der Waals surface area contributed by atoms with E-state index in [1.807, 2.05) is 38.1 Å². The van der Waals surface area contributed by atoms with Gasteiger partial charge in [0.2, 0.25) is 0 Å². The summed E-state index contributed by atoms with van der Waals surface area (Å²) in [6, 6.07) is 7.77. The molecule has 1 heterocycles. The second-order valence-corrected chi connectivity index (χ2v) is 4.74. The largest absolute Gasteiger partial charge is 0.493 e. The molecule has 0 bridgehead atoms. The van der Waals surface area contributed by atoms with Crippen LogP contribution in [0.5, 0.6) is 5.75 Å². The summed E-state index contributed by atoms with van der Waals surface area (Å²) >= 11 is 6.21. The van der Waals surface area contributed by atoms with Crippen LogP contribution in [0.15, 0.2) is 24.3 Å². The van der Waals surface area contributed by atoms with Gasteiger partial charge < -0.3 is 4.74 Å². The van der Waals surface area contributed by atoms with E-state index < -0.39 is 0 Å². The van der Waals surface area contributed by atoms with Crippen LogP contribution in [0.2, 0.25) is 5.15 Å². The summed E-state index contributed by atoms with van der Waals surface area (Å²) < 4.78 is 5.74. The Morgan fingerprint density at radius 3 is 2.53 bits per heavy atom. The number of aryl methyl sites for hydroxylation is 2. The van der Waals surface area contributed by atoms with Crippen LogP contribution in [0.1, 0.15) is 24.7 Å². The minimum Gasteiger partial charge on any atom is -0.493 e. The molecule has 0 aliphatic heterocycles. The van der Waals surface area contributed by atoms with Crippen molar-refractivity contribution in [2.45, 2.75) is 27.2 Å². The molecule has 0 saturated carbocycles. The fourth-order valence-corrected chi connectivity index (χ4v) is 2.02. The molecule has 1 aromatic heterocycles. The lowest BCUT2D eigenvalue weighted by Gasteiger charge is -2.12. The van der Waals surface area contributed by atoms with E-state index in [1.54, 1.807) is 0 Å². The summed E-state index contributed by atoms with van der Waals surface area (Å²) in [4.78, 5) is 8.86. The Bertz CT molecular complexity index is 584. The highest BCUT2D eigenvalue weighted by Crippen LogP contribution is 2.32. The lowest BCUT2D eigenvalue weighted by molar-refractivity contribution is 0.318. The molecule has 3 nitrogen and oxygen atoms in total. The molecule has 100 valence electrons. The van der Waals surface area contributed by atoms with Gasteiger partial charge in [0.15, 0.2) is 5.15 Å². The molecule has 0 aliphatic carbocycles. The van der Waals surface area contributed by atoms with Crippen LogP contribution >= 0.6 is 11.6 Å². The van der Waals surface area contributed by atoms with Crippen LogP contribution in [0, 0.1) is 13.8 Å². The zero-order valence-electron chi connectivity index (χ0n) is 11.4. The van der Waals surface area contributed by atoms with Gasteiger partial charge in [-0.25, -0.2) is 9.97 Å². The number of halogens is 1. The maximum atomic E-state index is 6.21. The van der Waals surface area contributed by atoms with Crippen molar-refractivity contribution in [1.29, 1.82) is 0 Å². The highest BCUT2D eigenvalue weighted by Gasteiger charge is 2.13. The minimum atomic E-state index is 0.413. The van der Waals surface area contributed by atoms with Crippen molar-refractivity contribution in [1.82, 2.24) is 9.97 Å². The van der Waals surface area contributed by atoms with Crippen LogP contribution < -0.4 is 4.74 Å². The number of hydrogen-bond donors (Lipinski definition) is 0. The molecule has 0 N–H and O–H groups in total. The van der Waals surface area contributed by atoms with Gasteiger partial charge >= 0.3 is 0 Å². The normalized spacial score (nSPS) is 10.5. The molecule has 0 fully saturated rings. The molecule has 19 heavy (non-hydrogen) atoms. The maximum Gasteiger partial charge on any atom is 0.155 e. The van der Waals surface area contributed by atoms with Crippen LogP contribution in [0.25, 0.3) is 11.3 Å². The second kappa shape index (κ2) is 6.02. The summed E-state index contributed by atoms with van der Waals surface area (Å²) in [5.41, 5.74) is 3.29. The van der Waals surface area contributed by atoms with Crippen LogP contribution in [-0.2, 0) is 0 Å². The fraction of sp³-hybridized carbons (Fsp3) is 0.333. The van der Waals surface area contributed by atoms with E-state index in [9.17, 15) is 0 Å². The number of benzene rings is 1. The number of rotatable bonds is 4. The summed E-state index contributed by atoms with van der Waals surface area (Å²) in [6.45, 7) is 6.58. The summed E-state index contributed by atoms with van der Waals surface area (Å²) in [5, 5.41) is 0.413. The second-order valence-electron chi connectivity index (χ2n) is 4.38. The number of aromatic nitrogens is 2. The molecule has 0 unspecified atom stereocenters. The monoisotopic (exact) mass is 276 g/mol. The third-order valence-corrected chi connectivity index (χ3v) is 3.13. The highest BCUT2D eigenvalue weighted by molar-refractivity contribution is 6.31. The smallest absolute Gasteiger partial charge is 0.155 e. The lowest BCUT2D eigenvalue weighted by atomic mass is 10.1. The number of ether oxygens (including phenoxy) is 1. The Morgan fingerprint density at radius 2 is 1.79 bits per heavy atom. The topological polar surface area (TPSA) is 35.0 Å². The zero-order valence-corrected chi connectivity index (χ0v) is 12.2. The molecule has 0 spiro atoms. The number of hydrogen-bond acceptors (Lipinski definition) is 3. The molecule has 4 heteroatoms. The SMILES string of the molecule is CCCOc1ccccc1-c1nc(C)c(C)nc1Cl. The molecule has 0 saturated heterocycles. The molecule has 0 radical (unpaired) electrons. The van der Waals surface area contributed by atoms with Gasteiger partial charge in [-0.1, -0.05) is 30.7 Å². The van der Waals surface area contributed by atoms with Crippen molar-refractivity contribution < 1.29 is 4.74 Å². The first-order chi connectivity index (χ1) is 9.13. The van der Waals surface area contributed by atoms with E-state index in [1.165, 1.54) is 0 Å². The predicted molar refractivity (Wildman–Crippen MR) is 77.7 cm³/mol. The van der Waals surface area contributed by atoms with E-state index in [0.29, 0.717) is 17.5 Å². The molecule has 2 aromatic rings. The van der Waals surface area contributed by atoms with Crippen LogP contribution in [-0.4, -0.2) is 16.6 Å². The van der Waals surface area contributed by atoms with E-state index in [2.05, 4.69) is 16.9 Å². The van der Waals surface area contributed by atoms with Gasteiger partial charge in [0.25, 0.3) is 0 Å². The number of nitrogens with zero attached hydrogens (tertiary/aromatic N) is 2. The molecule has 0 atom stereocenters. The molecule has 1 aromatic carbocycles. The molecule has 0 aliphatic rings. The van der Waals surface area contributed by atoms with Crippen molar-refractivity contribution in [2.24, 2.45) is 0 Å². The van der Waals surface area contributed by atoms with Crippen LogP contribution in [0.4, 0.5) is 0 Å². The van der Waals surface area contributed by atoms with Gasteiger partial charge in [0.05, 0.1) is 18.0 Å². The van der Waals surface area contributed by atoms with Crippen molar-refractivity contribution in [3.8, 4) is 17.0 Å². The Labute approximate surface area is 118 Å². The highest BCUT2D eigenvalue weighted by atomic mass is 35.5. The van der Waals surface area contributed by atoms with Crippen LogP contribution in [0.3, 0.4) is 0 Å². The van der Waals surface area contributed by atoms with Crippen molar-refractivity contribution in [3.63, 3.8) is 0 Å². The van der Waals surface area contributed by atoms with Crippen molar-refractivity contribution in [3.05, 3.63) is 40.8 Å². The van der Waals surface area contributed by atoms with Gasteiger partial charge in [0, 0.05) is 5.56 Å². The van der Waals surface area contributed by atoms with E-state index >= 15 is 0 Å². The van der Waals surface area contributed by atoms with Gasteiger partial charge in [-0.2, -0.15) is 0 Å². The molecular weight excluding hydrogens is 260 g/mol. The Balaban J connectivity index is 2.49. The Kier molecular flexibility index (Phi) is 4.38. The fourth-order valence-electron chi connectivity index (χ4n) is 1.75. The summed E-state index contributed by atoms with van der Waals surface area (Å²) in [5.74, 6) is 0.795. The maximum absolute atomic E-state index is 6.21. The van der Waals surface area contributed by atoms with Gasteiger partial charge in [0.1, 0.15) is 11.4 Å². The number of para-hydroxylation sites is 1. The van der Waals surface area contributed by atoms with Gasteiger partial charge in [-0.05, 0) is 32.4 Å². The first-order valence-electron chi connectivity index (χ1n) is 6.36. The summed E-state index contributed by atoms with van der Waals surface area (Å²) in [7, 11) is 0. The molecule has 2 rings (SSSR count). The standard InChI is InChI=1S/C15H17ClN2O/c1-4-9-19-13-8-6-5-7-12(13)14-15(16)18-11(3)10(2)17-14/h5-8H,4,9H2,1-3H3.